The molecule has 1 aromatic rings. The van der Waals surface area contributed by atoms with Gasteiger partial charge in [-0.15, -0.1) is 24.0 Å². The first kappa shape index (κ1) is 23.6. The molecule has 0 bridgehead atoms. The molecule has 0 saturated carbocycles. The van der Waals surface area contributed by atoms with Crippen molar-refractivity contribution in [1.29, 1.82) is 0 Å². The minimum Gasteiger partial charge on any atom is -0.357 e. The molecule has 2 rings (SSSR count). The van der Waals surface area contributed by atoms with Gasteiger partial charge in [0, 0.05) is 37.4 Å². The maximum Gasteiger partial charge on any atom is 0.246 e. The predicted octanol–water partition coefficient (Wildman–Crippen LogP) is 2.67. The second kappa shape index (κ2) is 11.4. The molecule has 0 aliphatic carbocycles. The fraction of sp³-hybridized carbons (Fsp3) is 0.579. The first-order chi connectivity index (χ1) is 12.4. The number of nitrogens with one attached hydrogen (secondary N) is 3. The second-order valence-corrected chi connectivity index (χ2v) is 7.03. The van der Waals surface area contributed by atoms with Gasteiger partial charge in [0.15, 0.2) is 5.96 Å². The minimum atomic E-state index is -0.333. The van der Waals surface area contributed by atoms with Gasteiger partial charge in [0.05, 0.1) is 0 Å². The van der Waals surface area contributed by atoms with Crippen molar-refractivity contribution in [3.63, 3.8) is 0 Å². The van der Waals surface area contributed by atoms with E-state index in [9.17, 15) is 9.18 Å². The molecular weight excluding hydrogens is 460 g/mol. The van der Waals surface area contributed by atoms with E-state index in [4.69, 9.17) is 0 Å². The van der Waals surface area contributed by atoms with Crippen molar-refractivity contribution in [3.8, 4) is 0 Å². The topological polar surface area (TPSA) is 68.8 Å². The molecule has 1 aromatic carbocycles. The number of likely N-dealkylation sites (tertiary alicyclic amines) is 1. The van der Waals surface area contributed by atoms with Crippen LogP contribution in [-0.4, -0.2) is 55.0 Å². The lowest BCUT2D eigenvalue weighted by molar-refractivity contribution is -0.114. The Morgan fingerprint density at radius 1 is 1.30 bits per heavy atom. The van der Waals surface area contributed by atoms with Gasteiger partial charge >= 0.3 is 0 Å². The largest absolute Gasteiger partial charge is 0.357 e. The minimum absolute atomic E-state index is 0. The molecule has 2 atom stereocenters. The van der Waals surface area contributed by atoms with E-state index in [1.54, 1.807) is 0 Å². The Balaban J connectivity index is 0.00000364. The average Bonchev–Trinajstić information content (AvgIpc) is 2.96. The number of amides is 1. The van der Waals surface area contributed by atoms with Crippen molar-refractivity contribution in [3.05, 3.63) is 30.1 Å². The second-order valence-electron chi connectivity index (χ2n) is 7.03. The van der Waals surface area contributed by atoms with E-state index in [1.165, 1.54) is 24.3 Å². The molecule has 0 radical (unpaired) electrons. The van der Waals surface area contributed by atoms with Gasteiger partial charge < -0.3 is 16.0 Å². The van der Waals surface area contributed by atoms with Crippen LogP contribution in [0.25, 0.3) is 0 Å². The van der Waals surface area contributed by atoms with E-state index >= 15 is 0 Å². The van der Waals surface area contributed by atoms with Crippen molar-refractivity contribution < 1.29 is 9.18 Å². The molecule has 152 valence electrons. The summed E-state index contributed by atoms with van der Waals surface area (Å²) in [5.41, 5.74) is 0.557. The van der Waals surface area contributed by atoms with Crippen LogP contribution < -0.4 is 16.0 Å². The molecule has 1 heterocycles. The predicted molar refractivity (Wildman–Crippen MR) is 119 cm³/mol. The summed E-state index contributed by atoms with van der Waals surface area (Å²) in [7, 11) is 0. The van der Waals surface area contributed by atoms with E-state index in [0.717, 1.165) is 19.6 Å². The number of hydrogen-bond acceptors (Lipinski definition) is 3. The molecule has 3 N–H and O–H groups in total. The van der Waals surface area contributed by atoms with Gasteiger partial charge in [-0.05, 0) is 51.0 Å². The van der Waals surface area contributed by atoms with E-state index < -0.39 is 0 Å². The number of carbonyl (C=O) groups is 1. The summed E-state index contributed by atoms with van der Waals surface area (Å²) in [6.45, 7) is 11.4. The lowest BCUT2D eigenvalue weighted by Gasteiger charge is -2.21. The monoisotopic (exact) mass is 491 g/mol. The van der Waals surface area contributed by atoms with Crippen LogP contribution in [-0.2, 0) is 4.79 Å². The van der Waals surface area contributed by atoms with Gasteiger partial charge in [0.1, 0.15) is 12.4 Å². The van der Waals surface area contributed by atoms with Crippen LogP contribution in [0.5, 0.6) is 0 Å². The summed E-state index contributed by atoms with van der Waals surface area (Å²) in [5.74, 6) is 0.580. The quantitative estimate of drug-likeness (QED) is 0.325. The van der Waals surface area contributed by atoms with Gasteiger partial charge in [0.2, 0.25) is 5.91 Å². The number of halogens is 2. The summed E-state index contributed by atoms with van der Waals surface area (Å²) in [4.78, 5) is 18.9. The Hall–Kier alpha value is -1.42. The van der Waals surface area contributed by atoms with Crippen LogP contribution in [0.4, 0.5) is 10.1 Å². The lowest BCUT2D eigenvalue weighted by atomic mass is 10.1. The van der Waals surface area contributed by atoms with E-state index in [1.807, 2.05) is 6.92 Å². The summed E-state index contributed by atoms with van der Waals surface area (Å²) in [6, 6.07) is 6.50. The number of benzene rings is 1. The van der Waals surface area contributed by atoms with E-state index in [2.05, 4.69) is 46.6 Å². The van der Waals surface area contributed by atoms with Crippen molar-refractivity contribution in [2.45, 2.75) is 39.8 Å². The Morgan fingerprint density at radius 2 is 1.96 bits per heavy atom. The third kappa shape index (κ3) is 7.61. The normalized spacial score (nSPS) is 20.3. The molecule has 27 heavy (non-hydrogen) atoms. The van der Waals surface area contributed by atoms with Gasteiger partial charge in [-0.3, -0.25) is 9.69 Å². The Labute approximate surface area is 178 Å². The first-order valence-electron chi connectivity index (χ1n) is 9.23. The standard InChI is InChI=1S/C19H30FN5O.HI/c1-5-21-19(24-17-12-25(13(2)3)11-14(17)4)22-10-18(26)23-16-8-6-15(20)7-9-16;/h6-9,13-14,17H,5,10-12H2,1-4H3,(H,23,26)(H2,21,22,24);1H. The third-order valence-electron chi connectivity index (χ3n) is 4.55. The molecule has 0 spiro atoms. The van der Waals surface area contributed by atoms with Crippen LogP contribution in [0.15, 0.2) is 29.3 Å². The Kier molecular flexibility index (Phi) is 10.00. The average molecular weight is 491 g/mol. The highest BCUT2D eigenvalue weighted by molar-refractivity contribution is 14.0. The number of nitrogens with zero attached hydrogens (tertiary/aromatic N) is 2. The molecule has 6 nitrogen and oxygen atoms in total. The smallest absolute Gasteiger partial charge is 0.246 e. The van der Waals surface area contributed by atoms with Gasteiger partial charge in [-0.25, -0.2) is 9.38 Å². The maximum atomic E-state index is 12.9. The zero-order valence-electron chi connectivity index (χ0n) is 16.5. The summed E-state index contributed by atoms with van der Waals surface area (Å²) >= 11 is 0. The van der Waals surface area contributed by atoms with Crippen LogP contribution in [0.3, 0.4) is 0 Å². The maximum absolute atomic E-state index is 12.9. The molecule has 0 aromatic heterocycles. The highest BCUT2D eigenvalue weighted by Gasteiger charge is 2.31. The summed E-state index contributed by atoms with van der Waals surface area (Å²) < 4.78 is 12.9. The van der Waals surface area contributed by atoms with Crippen molar-refractivity contribution >= 4 is 41.5 Å². The Bertz CT molecular complexity index is 623. The number of rotatable bonds is 6. The lowest BCUT2D eigenvalue weighted by Crippen LogP contribution is -2.47. The molecule has 2 unspecified atom stereocenters. The van der Waals surface area contributed by atoms with E-state index in [0.29, 0.717) is 29.6 Å². The molecule has 1 fully saturated rings. The number of anilines is 1. The van der Waals surface area contributed by atoms with Crippen molar-refractivity contribution in [1.82, 2.24) is 15.5 Å². The van der Waals surface area contributed by atoms with Crippen LogP contribution >= 0.6 is 24.0 Å². The van der Waals surface area contributed by atoms with Gasteiger partial charge in [-0.1, -0.05) is 6.92 Å². The molecule has 1 amide bonds. The molecule has 1 saturated heterocycles. The number of aliphatic imine (C=N–C) groups is 1. The number of carbonyl (C=O) groups excluding carboxylic acids is 1. The van der Waals surface area contributed by atoms with Gasteiger partial charge in [-0.2, -0.15) is 0 Å². The Morgan fingerprint density at radius 3 is 2.52 bits per heavy atom. The van der Waals surface area contributed by atoms with Crippen LogP contribution in [0.1, 0.15) is 27.7 Å². The summed E-state index contributed by atoms with van der Waals surface area (Å²) in [5, 5.41) is 9.35. The number of hydrogen-bond donors (Lipinski definition) is 3. The van der Waals surface area contributed by atoms with Crippen molar-refractivity contribution in [2.24, 2.45) is 10.9 Å². The highest BCUT2D eigenvalue weighted by atomic mass is 127. The molecule has 8 heteroatoms. The van der Waals surface area contributed by atoms with Crippen LogP contribution in [0, 0.1) is 11.7 Å². The zero-order chi connectivity index (χ0) is 19.1. The molecule has 1 aliphatic rings. The zero-order valence-corrected chi connectivity index (χ0v) is 18.8. The fourth-order valence-electron chi connectivity index (χ4n) is 2.99. The summed E-state index contributed by atoms with van der Waals surface area (Å²) in [6.07, 6.45) is 0. The fourth-order valence-corrected chi connectivity index (χ4v) is 2.99. The molecular formula is C19H31FIN5O. The van der Waals surface area contributed by atoms with Crippen LogP contribution in [0.2, 0.25) is 0 Å². The van der Waals surface area contributed by atoms with Gasteiger partial charge in [0.25, 0.3) is 0 Å². The first-order valence-corrected chi connectivity index (χ1v) is 9.23. The van der Waals surface area contributed by atoms with E-state index in [-0.39, 0.29) is 42.2 Å². The number of guanidine groups is 1. The SMILES string of the molecule is CCNC(=NCC(=O)Nc1ccc(F)cc1)NC1CN(C(C)C)CC1C.I. The third-order valence-corrected chi connectivity index (χ3v) is 4.55. The highest BCUT2D eigenvalue weighted by Crippen LogP contribution is 2.18. The van der Waals surface area contributed by atoms with Crippen molar-refractivity contribution in [2.75, 3.05) is 31.5 Å². The molecule has 1 aliphatic heterocycles.